The zero-order valence-corrected chi connectivity index (χ0v) is 12.3. The molecule has 1 N–H and O–H groups in total. The van der Waals surface area contributed by atoms with Gasteiger partial charge in [0.1, 0.15) is 12.1 Å². The zero-order valence-electron chi connectivity index (χ0n) is 12.3. The molecule has 1 unspecified atom stereocenters. The molecule has 2 atom stereocenters. The first-order chi connectivity index (χ1) is 9.72. The third-order valence-electron chi connectivity index (χ3n) is 3.12. The smallest absolute Gasteiger partial charge is 0.332 e. The van der Waals surface area contributed by atoms with E-state index in [1.807, 2.05) is 0 Å². The number of carbonyl (C=O) groups is 2. The first kappa shape index (κ1) is 16.7. The molecule has 1 aromatic rings. The lowest BCUT2D eigenvalue weighted by Gasteiger charge is -2.19. The van der Waals surface area contributed by atoms with Crippen LogP contribution in [0.25, 0.3) is 0 Å². The minimum Gasteiger partial charge on any atom is -0.480 e. The molecule has 116 valence electrons. The van der Waals surface area contributed by atoms with Gasteiger partial charge in [-0.15, -0.1) is 0 Å². The van der Waals surface area contributed by atoms with Crippen LogP contribution in [0.5, 0.6) is 0 Å². The summed E-state index contributed by atoms with van der Waals surface area (Å²) in [7, 11) is 0. The average molecular weight is 298 g/mol. The minimum atomic E-state index is -1.33. The molecule has 0 aromatic carbocycles. The first-order valence-electron chi connectivity index (χ1n) is 6.46. The van der Waals surface area contributed by atoms with E-state index in [9.17, 15) is 19.2 Å². The highest BCUT2D eigenvalue weighted by Crippen LogP contribution is 2.08. The van der Waals surface area contributed by atoms with Crippen LogP contribution in [-0.2, 0) is 14.3 Å². The summed E-state index contributed by atoms with van der Waals surface area (Å²) in [6, 6.07) is -1.16. The number of carboxylic acid groups (broad SMARTS) is 1. The molecule has 21 heavy (non-hydrogen) atoms. The monoisotopic (exact) mass is 298 g/mol. The number of aliphatic carboxylic acids is 1. The summed E-state index contributed by atoms with van der Waals surface area (Å²) in [5.41, 5.74) is -1.31. The predicted molar refractivity (Wildman–Crippen MR) is 73.4 cm³/mol. The number of hydrogen-bond donors (Lipinski definition) is 1. The number of aryl methyl sites for hydroxylation is 1. The van der Waals surface area contributed by atoms with Gasteiger partial charge in [0.15, 0.2) is 0 Å². The van der Waals surface area contributed by atoms with Gasteiger partial charge in [-0.05, 0) is 27.7 Å². The van der Waals surface area contributed by atoms with Crippen molar-refractivity contribution in [3.05, 3.63) is 32.6 Å². The Kier molecular flexibility index (Phi) is 5.07. The number of nitrogens with zero attached hydrogens (tertiary/aromatic N) is 2. The molecule has 8 heteroatoms. The summed E-state index contributed by atoms with van der Waals surface area (Å²) in [6.07, 6.45) is 0. The molecule has 0 saturated heterocycles. The highest BCUT2D eigenvalue weighted by atomic mass is 16.5. The van der Waals surface area contributed by atoms with Gasteiger partial charge >= 0.3 is 17.6 Å². The summed E-state index contributed by atoms with van der Waals surface area (Å²) >= 11 is 0. The topological polar surface area (TPSA) is 108 Å². The fourth-order valence-corrected chi connectivity index (χ4v) is 1.99. The van der Waals surface area contributed by atoms with Gasteiger partial charge in [0.25, 0.3) is 5.56 Å². The van der Waals surface area contributed by atoms with Gasteiger partial charge in [0.2, 0.25) is 0 Å². The Hall–Kier alpha value is -2.38. The van der Waals surface area contributed by atoms with E-state index in [1.54, 1.807) is 6.92 Å². The molecule has 0 aliphatic heterocycles. The summed E-state index contributed by atoms with van der Waals surface area (Å²) in [4.78, 5) is 47.0. The van der Waals surface area contributed by atoms with Crippen molar-refractivity contribution in [2.75, 3.05) is 6.61 Å². The second-order valence-electron chi connectivity index (χ2n) is 4.59. The van der Waals surface area contributed by atoms with E-state index in [0.717, 1.165) is 10.6 Å². The van der Waals surface area contributed by atoms with Crippen molar-refractivity contribution >= 4 is 11.9 Å². The van der Waals surface area contributed by atoms with E-state index in [4.69, 9.17) is 9.84 Å². The quantitative estimate of drug-likeness (QED) is 0.772. The lowest BCUT2D eigenvalue weighted by molar-refractivity contribution is -0.146. The van der Waals surface area contributed by atoms with Gasteiger partial charge in [-0.1, -0.05) is 0 Å². The molecule has 8 nitrogen and oxygen atoms in total. The fourth-order valence-electron chi connectivity index (χ4n) is 1.99. The van der Waals surface area contributed by atoms with Crippen molar-refractivity contribution in [3.8, 4) is 0 Å². The SMILES string of the molecule is CCOC(=O)C(C)n1c(C)cc(=O)n([C@@H](C)C(=O)O)c1=O. The van der Waals surface area contributed by atoms with E-state index >= 15 is 0 Å². The molecule has 1 heterocycles. The molecule has 1 aromatic heterocycles. The maximum Gasteiger partial charge on any atom is 0.332 e. The van der Waals surface area contributed by atoms with Crippen LogP contribution in [-0.4, -0.2) is 32.8 Å². The van der Waals surface area contributed by atoms with Crippen LogP contribution < -0.4 is 11.2 Å². The molecule has 0 aliphatic rings. The molecule has 0 spiro atoms. The van der Waals surface area contributed by atoms with Crippen molar-refractivity contribution in [1.29, 1.82) is 0 Å². The Labute approximate surface area is 120 Å². The van der Waals surface area contributed by atoms with Gasteiger partial charge in [0.05, 0.1) is 6.61 Å². The van der Waals surface area contributed by atoms with E-state index in [1.165, 1.54) is 20.8 Å². The Morgan fingerprint density at radius 3 is 2.29 bits per heavy atom. The molecular weight excluding hydrogens is 280 g/mol. The van der Waals surface area contributed by atoms with E-state index in [2.05, 4.69) is 0 Å². The maximum absolute atomic E-state index is 12.4. The molecule has 0 saturated carbocycles. The molecule has 0 fully saturated rings. The lowest BCUT2D eigenvalue weighted by Crippen LogP contribution is -2.46. The van der Waals surface area contributed by atoms with Crippen molar-refractivity contribution in [1.82, 2.24) is 9.13 Å². The largest absolute Gasteiger partial charge is 0.480 e. The number of hydrogen-bond acceptors (Lipinski definition) is 5. The number of ether oxygens (including phenoxy) is 1. The first-order valence-corrected chi connectivity index (χ1v) is 6.46. The van der Waals surface area contributed by atoms with Crippen LogP contribution in [0, 0.1) is 6.92 Å². The van der Waals surface area contributed by atoms with Crippen molar-refractivity contribution in [2.45, 2.75) is 39.8 Å². The van der Waals surface area contributed by atoms with Crippen LogP contribution in [0.1, 0.15) is 38.5 Å². The summed E-state index contributed by atoms with van der Waals surface area (Å²) in [5, 5.41) is 8.98. The van der Waals surface area contributed by atoms with Gasteiger partial charge in [-0.3, -0.25) is 9.36 Å². The number of carbonyl (C=O) groups excluding carboxylic acids is 1. The van der Waals surface area contributed by atoms with Crippen LogP contribution in [0.4, 0.5) is 0 Å². The van der Waals surface area contributed by atoms with Crippen LogP contribution in [0.3, 0.4) is 0 Å². The van der Waals surface area contributed by atoms with Gasteiger partial charge < -0.3 is 9.84 Å². The van der Waals surface area contributed by atoms with E-state index in [0.29, 0.717) is 4.57 Å². The Morgan fingerprint density at radius 1 is 1.24 bits per heavy atom. The molecule has 0 bridgehead atoms. The zero-order chi connectivity index (χ0) is 16.3. The van der Waals surface area contributed by atoms with Crippen LogP contribution in [0.15, 0.2) is 15.7 Å². The highest BCUT2D eigenvalue weighted by molar-refractivity contribution is 5.74. The third kappa shape index (κ3) is 3.21. The molecule has 0 amide bonds. The third-order valence-corrected chi connectivity index (χ3v) is 3.12. The number of rotatable bonds is 5. The van der Waals surface area contributed by atoms with Crippen molar-refractivity contribution < 1.29 is 19.4 Å². The summed E-state index contributed by atoms with van der Waals surface area (Å²) in [5.74, 6) is -1.94. The maximum atomic E-state index is 12.4. The van der Waals surface area contributed by atoms with Gasteiger partial charge in [-0.2, -0.15) is 0 Å². The van der Waals surface area contributed by atoms with Crippen molar-refractivity contribution in [3.63, 3.8) is 0 Å². The second-order valence-corrected chi connectivity index (χ2v) is 4.59. The Morgan fingerprint density at radius 2 is 1.81 bits per heavy atom. The van der Waals surface area contributed by atoms with Crippen LogP contribution >= 0.6 is 0 Å². The van der Waals surface area contributed by atoms with Crippen LogP contribution in [0.2, 0.25) is 0 Å². The van der Waals surface area contributed by atoms with E-state index < -0.39 is 35.3 Å². The number of esters is 1. The number of carboxylic acids is 1. The van der Waals surface area contributed by atoms with Gasteiger partial charge in [-0.25, -0.2) is 19.0 Å². The van der Waals surface area contributed by atoms with Gasteiger partial charge in [0, 0.05) is 11.8 Å². The second kappa shape index (κ2) is 6.38. The normalized spacial score (nSPS) is 13.5. The average Bonchev–Trinajstić information content (AvgIpc) is 2.37. The Balaban J connectivity index is 3.52. The fraction of sp³-hybridized carbons (Fsp3) is 0.538. The van der Waals surface area contributed by atoms with Crippen molar-refractivity contribution in [2.24, 2.45) is 0 Å². The molecular formula is C13H18N2O6. The Bertz CT molecular complexity index is 672. The summed E-state index contributed by atoms with van der Waals surface area (Å²) < 4.78 is 6.50. The molecule has 0 aliphatic carbocycles. The standard InChI is InChI=1S/C13H18N2O6/c1-5-21-12(19)9(4)14-7(2)6-10(16)15(13(14)20)8(3)11(17)18/h6,8-9H,5H2,1-4H3,(H,17,18)/t8-,9?/m0/s1. The number of aromatic nitrogens is 2. The highest BCUT2D eigenvalue weighted by Gasteiger charge is 2.25. The molecule has 0 radical (unpaired) electrons. The summed E-state index contributed by atoms with van der Waals surface area (Å²) in [6.45, 7) is 5.95. The molecule has 1 rings (SSSR count). The predicted octanol–water partition coefficient (Wildman–Crippen LogP) is 0.0881. The minimum absolute atomic E-state index is 0.155. The van der Waals surface area contributed by atoms with E-state index in [-0.39, 0.29) is 12.3 Å². The lowest BCUT2D eigenvalue weighted by atomic mass is 10.2.